The molecule has 0 atom stereocenters. The van der Waals surface area contributed by atoms with E-state index in [1.165, 1.54) is 31.0 Å². The zero-order chi connectivity index (χ0) is 20.8. The number of nitrogens with one attached hydrogen (secondary N) is 1. The van der Waals surface area contributed by atoms with E-state index < -0.39 is 11.7 Å². The van der Waals surface area contributed by atoms with Gasteiger partial charge in [-0.1, -0.05) is 35.3 Å². The number of nitrogens with zero attached hydrogens (tertiary/aromatic N) is 1. The summed E-state index contributed by atoms with van der Waals surface area (Å²) >= 11 is 13.0. The number of Topliss-reactive ketones (excluding diaryl/α,β-unsaturated/α-hetero) is 1. The molecule has 0 aliphatic rings. The Bertz CT molecular complexity index is 904. The fraction of sp³-hybridized carbons (Fsp3) is 0.211. The number of thioether (sulfide) groups is 1. The highest BCUT2D eigenvalue weighted by Crippen LogP contribution is 2.29. The summed E-state index contributed by atoms with van der Waals surface area (Å²) in [5.74, 6) is -1.70. The first-order valence-electron chi connectivity index (χ1n) is 8.10. The summed E-state index contributed by atoms with van der Waals surface area (Å²) in [6.45, 7) is 1.13. The average molecular weight is 443 g/mol. The van der Waals surface area contributed by atoms with E-state index in [4.69, 9.17) is 23.2 Å². The van der Waals surface area contributed by atoms with Gasteiger partial charge in [-0.3, -0.25) is 14.4 Å². The molecule has 2 amide bonds. The molecule has 0 saturated heterocycles. The minimum atomic E-state index is -0.570. The van der Waals surface area contributed by atoms with Crippen LogP contribution in [0, 0.1) is 5.82 Å². The fourth-order valence-corrected chi connectivity index (χ4v) is 3.54. The second-order valence-corrected chi connectivity index (χ2v) is 7.72. The molecule has 0 saturated carbocycles. The van der Waals surface area contributed by atoms with Gasteiger partial charge in [-0.15, -0.1) is 11.8 Å². The van der Waals surface area contributed by atoms with E-state index in [0.717, 1.165) is 17.8 Å². The maximum absolute atomic E-state index is 14.0. The topological polar surface area (TPSA) is 66.5 Å². The molecular formula is C19H17Cl2FN2O3S. The molecule has 5 nitrogen and oxygen atoms in total. The van der Waals surface area contributed by atoms with Gasteiger partial charge >= 0.3 is 0 Å². The SMILES string of the molecule is CC(=O)c1ccc(SCC(=O)N(C)CC(=O)Nc2c(Cl)cccc2Cl)c(F)c1. The average Bonchev–Trinajstić information content (AvgIpc) is 2.63. The number of benzene rings is 2. The van der Waals surface area contributed by atoms with Crippen LogP contribution >= 0.6 is 35.0 Å². The fourth-order valence-electron chi connectivity index (χ4n) is 2.19. The molecule has 0 spiro atoms. The van der Waals surface area contributed by atoms with Gasteiger partial charge in [-0.25, -0.2) is 4.39 Å². The van der Waals surface area contributed by atoms with Gasteiger partial charge in [0.25, 0.3) is 0 Å². The van der Waals surface area contributed by atoms with Gasteiger partial charge in [0.15, 0.2) is 5.78 Å². The number of anilines is 1. The summed E-state index contributed by atoms with van der Waals surface area (Å²) in [6, 6.07) is 8.91. The Hall–Kier alpha value is -2.09. The van der Waals surface area contributed by atoms with Crippen LogP contribution in [-0.4, -0.2) is 41.8 Å². The highest BCUT2D eigenvalue weighted by atomic mass is 35.5. The van der Waals surface area contributed by atoms with E-state index in [2.05, 4.69) is 5.32 Å². The highest BCUT2D eigenvalue weighted by Gasteiger charge is 2.16. The van der Waals surface area contributed by atoms with Gasteiger partial charge in [0.1, 0.15) is 5.82 Å². The number of hydrogen-bond donors (Lipinski definition) is 1. The number of halogens is 3. The van der Waals surface area contributed by atoms with E-state index in [-0.39, 0.29) is 50.2 Å². The summed E-state index contributed by atoms with van der Waals surface area (Å²) in [4.78, 5) is 37.1. The molecule has 9 heteroatoms. The van der Waals surface area contributed by atoms with Gasteiger partial charge < -0.3 is 10.2 Å². The summed E-state index contributed by atoms with van der Waals surface area (Å²) in [6.07, 6.45) is 0. The Labute approximate surface area is 176 Å². The minimum absolute atomic E-state index is 0.0625. The van der Waals surface area contributed by atoms with Crippen LogP contribution < -0.4 is 5.32 Å². The Morgan fingerprint density at radius 3 is 2.36 bits per heavy atom. The third-order valence-corrected chi connectivity index (χ3v) is 5.39. The number of ketones is 1. The third kappa shape index (κ3) is 5.95. The molecule has 1 N–H and O–H groups in total. The second-order valence-electron chi connectivity index (χ2n) is 5.88. The summed E-state index contributed by atoms with van der Waals surface area (Å²) in [5.41, 5.74) is 0.541. The molecule has 0 aliphatic heterocycles. The van der Waals surface area contributed by atoms with E-state index in [0.29, 0.717) is 0 Å². The maximum atomic E-state index is 14.0. The van der Waals surface area contributed by atoms with E-state index in [1.54, 1.807) is 18.2 Å². The predicted octanol–water partition coefficient (Wildman–Crippen LogP) is 4.52. The Morgan fingerprint density at radius 2 is 1.79 bits per heavy atom. The van der Waals surface area contributed by atoms with Gasteiger partial charge in [-0.05, 0) is 31.2 Å². The largest absolute Gasteiger partial charge is 0.336 e. The van der Waals surface area contributed by atoms with Crippen LogP contribution in [0.1, 0.15) is 17.3 Å². The number of para-hydroxylation sites is 1. The first-order valence-corrected chi connectivity index (χ1v) is 9.84. The first kappa shape index (κ1) is 22.2. The van der Waals surface area contributed by atoms with E-state index >= 15 is 0 Å². The Morgan fingerprint density at radius 1 is 1.14 bits per heavy atom. The lowest BCUT2D eigenvalue weighted by Gasteiger charge is -2.17. The van der Waals surface area contributed by atoms with Gasteiger partial charge in [0.2, 0.25) is 11.8 Å². The van der Waals surface area contributed by atoms with Crippen molar-refractivity contribution in [2.24, 2.45) is 0 Å². The van der Waals surface area contributed by atoms with Gasteiger partial charge in [0.05, 0.1) is 28.0 Å². The monoisotopic (exact) mass is 442 g/mol. The van der Waals surface area contributed by atoms with Crippen LogP contribution in [-0.2, 0) is 9.59 Å². The third-order valence-electron chi connectivity index (χ3n) is 3.72. The van der Waals surface area contributed by atoms with Crippen molar-refractivity contribution in [1.29, 1.82) is 0 Å². The molecule has 0 heterocycles. The number of carbonyl (C=O) groups is 3. The van der Waals surface area contributed by atoms with Crippen LogP contribution in [0.3, 0.4) is 0 Å². The number of hydrogen-bond acceptors (Lipinski definition) is 4. The van der Waals surface area contributed by atoms with Crippen molar-refractivity contribution in [1.82, 2.24) is 4.90 Å². The summed E-state index contributed by atoms with van der Waals surface area (Å²) in [5, 5.41) is 3.14. The molecule has 0 aromatic heterocycles. The first-order chi connectivity index (χ1) is 13.2. The Kier molecular flexibility index (Phi) is 7.86. The molecule has 0 aliphatic carbocycles. The van der Waals surface area contributed by atoms with Gasteiger partial charge in [-0.2, -0.15) is 0 Å². The lowest BCUT2D eigenvalue weighted by molar-refractivity contribution is -0.131. The lowest BCUT2D eigenvalue weighted by atomic mass is 10.1. The zero-order valence-electron chi connectivity index (χ0n) is 15.1. The predicted molar refractivity (Wildman–Crippen MR) is 110 cm³/mol. The van der Waals surface area contributed by atoms with Crippen LogP contribution in [0.2, 0.25) is 10.0 Å². The number of likely N-dealkylation sites (N-methyl/N-ethyl adjacent to an activating group) is 1. The van der Waals surface area contributed by atoms with Crippen molar-refractivity contribution in [3.63, 3.8) is 0 Å². The van der Waals surface area contributed by atoms with E-state index in [9.17, 15) is 18.8 Å². The van der Waals surface area contributed by atoms with Crippen molar-refractivity contribution in [3.05, 3.63) is 57.8 Å². The lowest BCUT2D eigenvalue weighted by Crippen LogP contribution is -2.36. The molecule has 2 aromatic rings. The molecule has 2 aromatic carbocycles. The van der Waals surface area contributed by atoms with Crippen LogP contribution in [0.5, 0.6) is 0 Å². The van der Waals surface area contributed by atoms with Crippen molar-refractivity contribution < 1.29 is 18.8 Å². The highest BCUT2D eigenvalue weighted by molar-refractivity contribution is 8.00. The van der Waals surface area contributed by atoms with Crippen molar-refractivity contribution >= 4 is 58.2 Å². The van der Waals surface area contributed by atoms with E-state index in [1.807, 2.05) is 0 Å². The molecule has 0 unspecified atom stereocenters. The smallest absolute Gasteiger partial charge is 0.244 e. The normalized spacial score (nSPS) is 10.5. The van der Waals surface area contributed by atoms with Gasteiger partial charge in [0, 0.05) is 17.5 Å². The standard InChI is InChI=1S/C19H17Cl2FN2O3S/c1-11(25)12-6-7-16(15(22)8-12)28-10-18(27)24(2)9-17(26)23-19-13(20)4-3-5-14(19)21/h3-8H,9-10H2,1-2H3,(H,23,26). The molecule has 148 valence electrons. The number of amides is 2. The van der Waals surface area contributed by atoms with Crippen molar-refractivity contribution in [3.8, 4) is 0 Å². The quantitative estimate of drug-likeness (QED) is 0.505. The van der Waals surface area contributed by atoms with Crippen molar-refractivity contribution in [2.75, 3.05) is 24.7 Å². The molecule has 28 heavy (non-hydrogen) atoms. The maximum Gasteiger partial charge on any atom is 0.244 e. The molecular weight excluding hydrogens is 426 g/mol. The molecule has 0 fully saturated rings. The zero-order valence-corrected chi connectivity index (χ0v) is 17.4. The number of carbonyl (C=O) groups excluding carboxylic acids is 3. The summed E-state index contributed by atoms with van der Waals surface area (Å²) < 4.78 is 14.0. The second kappa shape index (κ2) is 9.91. The van der Waals surface area contributed by atoms with Crippen LogP contribution in [0.15, 0.2) is 41.3 Å². The van der Waals surface area contributed by atoms with Crippen molar-refractivity contribution in [2.45, 2.75) is 11.8 Å². The summed E-state index contributed by atoms with van der Waals surface area (Å²) in [7, 11) is 1.46. The molecule has 2 rings (SSSR count). The molecule has 0 radical (unpaired) electrons. The Balaban J connectivity index is 1.90. The minimum Gasteiger partial charge on any atom is -0.336 e. The van der Waals surface area contributed by atoms with Crippen LogP contribution in [0.25, 0.3) is 0 Å². The van der Waals surface area contributed by atoms with Crippen LogP contribution in [0.4, 0.5) is 10.1 Å². The number of rotatable bonds is 7. The molecule has 0 bridgehead atoms.